The molecule has 0 aliphatic carbocycles. The number of nitrogens with one attached hydrogen (secondary N) is 1. The van der Waals surface area contributed by atoms with Crippen molar-refractivity contribution in [2.24, 2.45) is 0 Å². The molecule has 0 fully saturated rings. The van der Waals surface area contributed by atoms with Crippen LogP contribution in [0.1, 0.15) is 82.8 Å². The van der Waals surface area contributed by atoms with Gasteiger partial charge in [0, 0.05) is 12.1 Å². The second kappa shape index (κ2) is 6.72. The van der Waals surface area contributed by atoms with Crippen LogP contribution in [0.25, 0.3) is 0 Å². The van der Waals surface area contributed by atoms with Crippen LogP contribution in [0.15, 0.2) is 12.1 Å². The topological polar surface area (TPSA) is 49.3 Å². The summed E-state index contributed by atoms with van der Waals surface area (Å²) < 4.78 is 0. The molecular formula is C19H31NO2. The van der Waals surface area contributed by atoms with E-state index in [1.807, 2.05) is 32.9 Å². The number of phenolic OH excluding ortho intramolecular Hbond substituents is 1. The first kappa shape index (κ1) is 18.5. The second-order valence-electron chi connectivity index (χ2n) is 8.03. The lowest BCUT2D eigenvalue weighted by molar-refractivity contribution is 0.0950. The highest BCUT2D eigenvalue weighted by Gasteiger charge is 2.26. The summed E-state index contributed by atoms with van der Waals surface area (Å²) in [6, 6.07) is 3.85. The normalized spacial score (nSPS) is 12.3. The van der Waals surface area contributed by atoms with Crippen LogP contribution in [0.4, 0.5) is 0 Å². The van der Waals surface area contributed by atoms with Crippen LogP contribution in [0.2, 0.25) is 0 Å². The van der Waals surface area contributed by atoms with Crippen LogP contribution in [-0.2, 0) is 10.8 Å². The van der Waals surface area contributed by atoms with E-state index in [1.54, 1.807) is 0 Å². The first-order valence-electron chi connectivity index (χ1n) is 8.14. The van der Waals surface area contributed by atoms with E-state index in [9.17, 15) is 9.90 Å². The predicted molar refractivity (Wildman–Crippen MR) is 92.7 cm³/mol. The summed E-state index contributed by atoms with van der Waals surface area (Å²) >= 11 is 0. The van der Waals surface area contributed by atoms with Crippen molar-refractivity contribution in [1.29, 1.82) is 0 Å². The van der Waals surface area contributed by atoms with Crippen molar-refractivity contribution in [2.75, 3.05) is 6.54 Å². The third-order valence-electron chi connectivity index (χ3n) is 3.84. The van der Waals surface area contributed by atoms with Gasteiger partial charge in [0.1, 0.15) is 5.75 Å². The molecule has 22 heavy (non-hydrogen) atoms. The number of benzene rings is 1. The van der Waals surface area contributed by atoms with Gasteiger partial charge in [-0.15, -0.1) is 0 Å². The van der Waals surface area contributed by atoms with Crippen LogP contribution in [0.3, 0.4) is 0 Å². The molecule has 0 spiro atoms. The van der Waals surface area contributed by atoms with E-state index < -0.39 is 0 Å². The van der Waals surface area contributed by atoms with Crippen LogP contribution in [0.5, 0.6) is 5.75 Å². The molecule has 0 atom stereocenters. The molecule has 0 aromatic heterocycles. The zero-order chi connectivity index (χ0) is 17.1. The summed E-state index contributed by atoms with van der Waals surface area (Å²) in [6.07, 6.45) is 1.97. The van der Waals surface area contributed by atoms with Gasteiger partial charge in [0.15, 0.2) is 0 Å². The summed E-state index contributed by atoms with van der Waals surface area (Å²) in [6.45, 7) is 15.2. The number of phenols is 1. The standard InChI is InChI=1S/C19H31NO2/c1-8-9-10-20-17(22)14-11-13(18(2,3)4)12-15(16(14)21)19(5,6)7/h11-12,21H,8-10H2,1-7H3,(H,20,22). The minimum Gasteiger partial charge on any atom is -0.507 e. The summed E-state index contributed by atoms with van der Waals surface area (Å²) in [5.74, 6) is -0.0861. The highest BCUT2D eigenvalue weighted by molar-refractivity contribution is 5.97. The highest BCUT2D eigenvalue weighted by Crippen LogP contribution is 2.37. The fourth-order valence-corrected chi connectivity index (χ4v) is 2.29. The van der Waals surface area contributed by atoms with Gasteiger partial charge in [0.05, 0.1) is 5.56 Å². The van der Waals surface area contributed by atoms with Gasteiger partial charge < -0.3 is 10.4 Å². The van der Waals surface area contributed by atoms with Crippen molar-refractivity contribution < 1.29 is 9.90 Å². The lowest BCUT2D eigenvalue weighted by atomic mass is 9.79. The van der Waals surface area contributed by atoms with E-state index in [2.05, 4.69) is 33.0 Å². The molecule has 0 radical (unpaired) electrons. The van der Waals surface area contributed by atoms with E-state index in [0.717, 1.165) is 24.0 Å². The minimum absolute atomic E-state index is 0.0772. The molecule has 0 aliphatic heterocycles. The lowest BCUT2D eigenvalue weighted by Crippen LogP contribution is -2.26. The molecule has 0 bridgehead atoms. The molecule has 1 aromatic carbocycles. The van der Waals surface area contributed by atoms with Gasteiger partial charge in [-0.2, -0.15) is 0 Å². The van der Waals surface area contributed by atoms with Crippen molar-refractivity contribution in [1.82, 2.24) is 5.32 Å². The molecular weight excluding hydrogens is 274 g/mol. The average Bonchev–Trinajstić information content (AvgIpc) is 2.36. The summed E-state index contributed by atoms with van der Waals surface area (Å²) in [5.41, 5.74) is 1.97. The molecule has 0 unspecified atom stereocenters. The fourth-order valence-electron chi connectivity index (χ4n) is 2.29. The Morgan fingerprint density at radius 3 is 2.14 bits per heavy atom. The number of hydrogen-bond acceptors (Lipinski definition) is 2. The fraction of sp³-hybridized carbons (Fsp3) is 0.632. The third kappa shape index (κ3) is 4.49. The maximum absolute atomic E-state index is 12.4. The molecule has 1 rings (SSSR count). The monoisotopic (exact) mass is 305 g/mol. The highest BCUT2D eigenvalue weighted by atomic mass is 16.3. The van der Waals surface area contributed by atoms with Gasteiger partial charge in [-0.1, -0.05) is 61.0 Å². The zero-order valence-electron chi connectivity index (χ0n) is 15.1. The number of rotatable bonds is 4. The summed E-state index contributed by atoms with van der Waals surface area (Å²) in [4.78, 5) is 12.4. The van der Waals surface area contributed by atoms with Crippen molar-refractivity contribution in [2.45, 2.75) is 72.1 Å². The van der Waals surface area contributed by atoms with Crippen molar-refractivity contribution in [3.05, 3.63) is 28.8 Å². The number of carbonyl (C=O) groups is 1. The van der Waals surface area contributed by atoms with Crippen LogP contribution < -0.4 is 5.32 Å². The zero-order valence-corrected chi connectivity index (χ0v) is 15.1. The van der Waals surface area contributed by atoms with Gasteiger partial charge in [-0.25, -0.2) is 0 Å². The Morgan fingerprint density at radius 2 is 1.68 bits per heavy atom. The van der Waals surface area contributed by atoms with Crippen molar-refractivity contribution >= 4 is 5.91 Å². The van der Waals surface area contributed by atoms with Gasteiger partial charge in [0.2, 0.25) is 0 Å². The van der Waals surface area contributed by atoms with Crippen LogP contribution in [0, 0.1) is 0 Å². The Bertz CT molecular complexity index is 534. The molecule has 2 N–H and O–H groups in total. The predicted octanol–water partition coefficient (Wildman–Crippen LogP) is 4.52. The van der Waals surface area contributed by atoms with E-state index in [4.69, 9.17) is 0 Å². The number of aromatic hydroxyl groups is 1. The van der Waals surface area contributed by atoms with Crippen LogP contribution in [-0.4, -0.2) is 17.6 Å². The van der Waals surface area contributed by atoms with Crippen LogP contribution >= 0.6 is 0 Å². The van der Waals surface area contributed by atoms with Gasteiger partial charge in [-0.3, -0.25) is 4.79 Å². The van der Waals surface area contributed by atoms with E-state index >= 15 is 0 Å². The SMILES string of the molecule is CCCCNC(=O)c1cc(C(C)(C)C)cc(C(C)(C)C)c1O. The van der Waals surface area contributed by atoms with Crippen molar-refractivity contribution in [3.63, 3.8) is 0 Å². The lowest BCUT2D eigenvalue weighted by Gasteiger charge is -2.27. The first-order chi connectivity index (χ1) is 9.98. The molecule has 1 aromatic rings. The number of hydrogen-bond donors (Lipinski definition) is 2. The first-order valence-corrected chi connectivity index (χ1v) is 8.14. The maximum atomic E-state index is 12.4. The quantitative estimate of drug-likeness (QED) is 0.804. The Balaban J connectivity index is 3.34. The summed E-state index contributed by atoms with van der Waals surface area (Å²) in [7, 11) is 0. The molecule has 124 valence electrons. The van der Waals surface area contributed by atoms with E-state index in [1.165, 1.54) is 0 Å². The minimum atomic E-state index is -0.218. The number of carbonyl (C=O) groups excluding carboxylic acids is 1. The Morgan fingerprint density at radius 1 is 1.09 bits per heavy atom. The number of unbranched alkanes of at least 4 members (excludes halogenated alkanes) is 1. The third-order valence-corrected chi connectivity index (χ3v) is 3.84. The maximum Gasteiger partial charge on any atom is 0.255 e. The largest absolute Gasteiger partial charge is 0.507 e. The Labute approximate surface area is 135 Å². The van der Waals surface area contributed by atoms with Gasteiger partial charge in [0.25, 0.3) is 5.91 Å². The molecule has 0 saturated carbocycles. The molecule has 3 nitrogen and oxygen atoms in total. The number of amides is 1. The Kier molecular flexibility index (Phi) is 5.66. The molecule has 3 heteroatoms. The van der Waals surface area contributed by atoms with Crippen molar-refractivity contribution in [3.8, 4) is 5.75 Å². The summed E-state index contributed by atoms with van der Waals surface area (Å²) in [5, 5.41) is 13.5. The second-order valence-corrected chi connectivity index (χ2v) is 8.03. The molecule has 1 amide bonds. The molecule has 0 heterocycles. The smallest absolute Gasteiger partial charge is 0.255 e. The average molecular weight is 305 g/mol. The van der Waals surface area contributed by atoms with E-state index in [-0.39, 0.29) is 22.5 Å². The molecule has 0 saturated heterocycles. The van der Waals surface area contributed by atoms with E-state index in [0.29, 0.717) is 12.1 Å². The molecule has 0 aliphatic rings. The van der Waals surface area contributed by atoms with Gasteiger partial charge in [-0.05, 0) is 28.9 Å². The van der Waals surface area contributed by atoms with Gasteiger partial charge >= 0.3 is 0 Å². The Hall–Kier alpha value is -1.51.